The molecule has 1 aliphatic rings. The second kappa shape index (κ2) is 5.21. The van der Waals surface area contributed by atoms with Crippen LogP contribution in [0.3, 0.4) is 0 Å². The summed E-state index contributed by atoms with van der Waals surface area (Å²) in [5, 5.41) is 5.65. The number of hydrogen-bond acceptors (Lipinski definition) is 2. The first-order chi connectivity index (χ1) is 8.56. The fourth-order valence-electron chi connectivity index (χ4n) is 2.15. The summed E-state index contributed by atoms with van der Waals surface area (Å²) in [6, 6.07) is 5.94. The minimum absolute atomic E-state index is 0.0121. The highest BCUT2D eigenvalue weighted by atomic mass is 16.2. The Hall–Kier alpha value is -1.84. The number of carbonyl (C=O) groups excluding carboxylic acids is 2. The van der Waals surface area contributed by atoms with Gasteiger partial charge in [-0.2, -0.15) is 0 Å². The lowest BCUT2D eigenvalue weighted by molar-refractivity contribution is -0.126. The third-order valence-corrected chi connectivity index (χ3v) is 3.28. The number of aryl methyl sites for hydroxylation is 2. The highest BCUT2D eigenvalue weighted by molar-refractivity contribution is 5.94. The highest BCUT2D eigenvalue weighted by Crippen LogP contribution is 2.19. The van der Waals surface area contributed by atoms with E-state index in [2.05, 4.69) is 10.6 Å². The van der Waals surface area contributed by atoms with Gasteiger partial charge in [-0.15, -0.1) is 0 Å². The second-order valence-corrected chi connectivity index (χ2v) is 4.85. The number of rotatable bonds is 2. The Kier molecular flexibility index (Phi) is 3.65. The summed E-state index contributed by atoms with van der Waals surface area (Å²) >= 11 is 0. The zero-order valence-corrected chi connectivity index (χ0v) is 10.7. The number of nitrogens with one attached hydrogen (secondary N) is 2. The Morgan fingerprint density at radius 1 is 1.39 bits per heavy atom. The van der Waals surface area contributed by atoms with Gasteiger partial charge in [-0.1, -0.05) is 17.7 Å². The minimum atomic E-state index is -0.122. The Bertz CT molecular complexity index is 473. The van der Waals surface area contributed by atoms with Crippen molar-refractivity contribution in [3.05, 3.63) is 29.3 Å². The molecule has 0 bridgehead atoms. The van der Waals surface area contributed by atoms with Gasteiger partial charge in [-0.3, -0.25) is 9.59 Å². The van der Waals surface area contributed by atoms with Crippen LogP contribution in [0.5, 0.6) is 0 Å². The van der Waals surface area contributed by atoms with Crippen molar-refractivity contribution < 1.29 is 9.59 Å². The Balaban J connectivity index is 2.00. The van der Waals surface area contributed by atoms with Crippen molar-refractivity contribution in [2.24, 2.45) is 5.92 Å². The normalized spacial score (nSPS) is 19.2. The van der Waals surface area contributed by atoms with Crippen LogP contribution in [0.25, 0.3) is 0 Å². The van der Waals surface area contributed by atoms with Crippen LogP contribution >= 0.6 is 0 Å². The zero-order chi connectivity index (χ0) is 13.1. The molecule has 1 atom stereocenters. The molecule has 2 rings (SSSR count). The van der Waals surface area contributed by atoms with E-state index in [0.29, 0.717) is 19.4 Å². The molecule has 1 aromatic carbocycles. The van der Waals surface area contributed by atoms with Crippen molar-refractivity contribution in [2.45, 2.75) is 26.7 Å². The van der Waals surface area contributed by atoms with Crippen molar-refractivity contribution >= 4 is 17.5 Å². The maximum absolute atomic E-state index is 12.0. The summed E-state index contributed by atoms with van der Waals surface area (Å²) in [6.45, 7) is 4.44. The molecule has 18 heavy (non-hydrogen) atoms. The summed E-state index contributed by atoms with van der Waals surface area (Å²) in [6.07, 6.45) is 1.06. The van der Waals surface area contributed by atoms with Gasteiger partial charge in [0.05, 0.1) is 5.92 Å². The molecule has 1 fully saturated rings. The van der Waals surface area contributed by atoms with Gasteiger partial charge in [-0.25, -0.2) is 0 Å². The maximum Gasteiger partial charge on any atom is 0.229 e. The minimum Gasteiger partial charge on any atom is -0.355 e. The van der Waals surface area contributed by atoms with Crippen molar-refractivity contribution in [3.8, 4) is 0 Å². The molecule has 0 radical (unpaired) electrons. The first kappa shape index (κ1) is 12.6. The van der Waals surface area contributed by atoms with E-state index in [1.54, 1.807) is 0 Å². The average molecular weight is 246 g/mol. The third kappa shape index (κ3) is 2.88. The first-order valence-corrected chi connectivity index (χ1v) is 6.21. The molecule has 2 amide bonds. The van der Waals surface area contributed by atoms with Crippen LogP contribution in [0.4, 0.5) is 5.69 Å². The van der Waals surface area contributed by atoms with Gasteiger partial charge in [0.2, 0.25) is 11.8 Å². The molecular weight excluding hydrogens is 228 g/mol. The van der Waals surface area contributed by atoms with Gasteiger partial charge in [0.1, 0.15) is 0 Å². The predicted octanol–water partition coefficient (Wildman–Crippen LogP) is 1.77. The van der Waals surface area contributed by atoms with E-state index >= 15 is 0 Å². The molecule has 1 saturated heterocycles. The van der Waals surface area contributed by atoms with Crippen LogP contribution in [0.1, 0.15) is 24.0 Å². The van der Waals surface area contributed by atoms with Gasteiger partial charge in [0, 0.05) is 18.7 Å². The number of anilines is 1. The highest BCUT2D eigenvalue weighted by Gasteiger charge is 2.24. The maximum atomic E-state index is 12.0. The predicted molar refractivity (Wildman–Crippen MR) is 70.3 cm³/mol. The zero-order valence-electron chi connectivity index (χ0n) is 10.7. The molecule has 0 spiro atoms. The van der Waals surface area contributed by atoms with E-state index in [1.807, 2.05) is 32.0 Å². The van der Waals surface area contributed by atoms with Crippen molar-refractivity contribution in [1.29, 1.82) is 0 Å². The molecule has 1 aromatic rings. The van der Waals surface area contributed by atoms with E-state index in [4.69, 9.17) is 0 Å². The van der Waals surface area contributed by atoms with Crippen LogP contribution in [0.2, 0.25) is 0 Å². The summed E-state index contributed by atoms with van der Waals surface area (Å²) in [7, 11) is 0. The monoisotopic (exact) mass is 246 g/mol. The van der Waals surface area contributed by atoms with Crippen LogP contribution in [0, 0.1) is 19.8 Å². The molecule has 4 nitrogen and oxygen atoms in total. The van der Waals surface area contributed by atoms with Gasteiger partial charge >= 0.3 is 0 Å². The van der Waals surface area contributed by atoms with Gasteiger partial charge in [-0.05, 0) is 31.9 Å². The van der Waals surface area contributed by atoms with E-state index in [1.165, 1.54) is 5.56 Å². The fourth-order valence-corrected chi connectivity index (χ4v) is 2.15. The molecule has 4 heteroatoms. The van der Waals surface area contributed by atoms with Gasteiger partial charge in [0.15, 0.2) is 0 Å². The molecule has 1 heterocycles. The van der Waals surface area contributed by atoms with Crippen LogP contribution in [-0.2, 0) is 9.59 Å². The molecule has 0 aromatic heterocycles. The number of benzene rings is 1. The SMILES string of the molecule is Cc1ccc(NC(=O)C2CCC(=O)NC2)c(C)c1. The molecule has 1 aliphatic heterocycles. The van der Waals surface area contributed by atoms with E-state index < -0.39 is 0 Å². The quantitative estimate of drug-likeness (QED) is 0.835. The molecule has 2 N–H and O–H groups in total. The summed E-state index contributed by atoms with van der Waals surface area (Å²) in [4.78, 5) is 23.1. The molecule has 0 aliphatic carbocycles. The van der Waals surface area contributed by atoms with Crippen LogP contribution in [-0.4, -0.2) is 18.4 Å². The second-order valence-electron chi connectivity index (χ2n) is 4.85. The Morgan fingerprint density at radius 2 is 2.17 bits per heavy atom. The molecule has 1 unspecified atom stereocenters. The number of piperidine rings is 1. The lowest BCUT2D eigenvalue weighted by Crippen LogP contribution is -2.40. The number of carbonyl (C=O) groups is 2. The van der Waals surface area contributed by atoms with Crippen molar-refractivity contribution in [2.75, 3.05) is 11.9 Å². The number of amides is 2. The van der Waals surface area contributed by atoms with Crippen LogP contribution in [0.15, 0.2) is 18.2 Å². The van der Waals surface area contributed by atoms with Crippen molar-refractivity contribution in [1.82, 2.24) is 5.32 Å². The first-order valence-electron chi connectivity index (χ1n) is 6.21. The molecular formula is C14H18N2O2. The summed E-state index contributed by atoms with van der Waals surface area (Å²) in [5.74, 6) is -0.101. The smallest absolute Gasteiger partial charge is 0.229 e. The Morgan fingerprint density at radius 3 is 2.78 bits per heavy atom. The lowest BCUT2D eigenvalue weighted by atomic mass is 9.98. The molecule has 96 valence electrons. The van der Waals surface area contributed by atoms with Crippen molar-refractivity contribution in [3.63, 3.8) is 0 Å². The molecule has 0 saturated carbocycles. The summed E-state index contributed by atoms with van der Waals surface area (Å²) in [5.41, 5.74) is 3.08. The average Bonchev–Trinajstić information content (AvgIpc) is 2.33. The standard InChI is InChI=1S/C14H18N2O2/c1-9-3-5-12(10(2)7-9)16-14(18)11-4-6-13(17)15-8-11/h3,5,7,11H,4,6,8H2,1-2H3,(H,15,17)(H,16,18). The largest absolute Gasteiger partial charge is 0.355 e. The van der Waals surface area contributed by atoms with Crippen LogP contribution < -0.4 is 10.6 Å². The van der Waals surface area contributed by atoms with E-state index in [-0.39, 0.29) is 17.7 Å². The van der Waals surface area contributed by atoms with E-state index in [0.717, 1.165) is 11.3 Å². The summed E-state index contributed by atoms with van der Waals surface area (Å²) < 4.78 is 0. The van der Waals surface area contributed by atoms with E-state index in [9.17, 15) is 9.59 Å². The fraction of sp³-hybridized carbons (Fsp3) is 0.429. The third-order valence-electron chi connectivity index (χ3n) is 3.28. The topological polar surface area (TPSA) is 58.2 Å². The lowest BCUT2D eigenvalue weighted by Gasteiger charge is -2.22. The Labute approximate surface area is 107 Å². The van der Waals surface area contributed by atoms with Gasteiger partial charge in [0.25, 0.3) is 0 Å². The van der Waals surface area contributed by atoms with Gasteiger partial charge < -0.3 is 10.6 Å². The number of hydrogen-bond donors (Lipinski definition) is 2.